The molecule has 2 aliphatic rings. The zero-order valence-electron chi connectivity index (χ0n) is 15.8. The highest BCUT2D eigenvalue weighted by Gasteiger charge is 2.33. The van der Waals surface area contributed by atoms with Crippen molar-refractivity contribution >= 4 is 5.91 Å². The molecule has 6 heteroatoms. The molecule has 2 saturated heterocycles. The number of amides is 1. The van der Waals surface area contributed by atoms with Gasteiger partial charge in [-0.3, -0.25) is 9.69 Å². The minimum absolute atomic E-state index is 0.0918. The average Bonchev–Trinajstić information content (AvgIpc) is 2.64. The zero-order chi connectivity index (χ0) is 18.7. The Morgan fingerprint density at radius 3 is 2.19 bits per heavy atom. The fourth-order valence-electron chi connectivity index (χ4n) is 4.18. The molecule has 1 aromatic carbocycles. The number of piperidine rings is 2. The average molecular weight is 363 g/mol. The predicted octanol–water partition coefficient (Wildman–Crippen LogP) is 1.88. The quantitative estimate of drug-likeness (QED) is 0.887. The van der Waals surface area contributed by atoms with Gasteiger partial charge in [0.1, 0.15) is 11.9 Å². The fraction of sp³-hybridized carbons (Fsp3) is 0.650. The second-order valence-corrected chi connectivity index (χ2v) is 7.74. The molecule has 1 N–H and O–H groups in total. The van der Waals surface area contributed by atoms with Crippen molar-refractivity contribution in [3.8, 4) is 0 Å². The molecule has 2 heterocycles. The molecule has 3 rings (SSSR count). The Morgan fingerprint density at radius 2 is 1.65 bits per heavy atom. The lowest BCUT2D eigenvalue weighted by Gasteiger charge is -2.42. The second-order valence-electron chi connectivity index (χ2n) is 7.74. The van der Waals surface area contributed by atoms with Gasteiger partial charge in [-0.1, -0.05) is 12.1 Å². The maximum absolute atomic E-state index is 13.2. The maximum atomic E-state index is 13.2. The van der Waals surface area contributed by atoms with Crippen molar-refractivity contribution in [2.24, 2.45) is 0 Å². The Kier molecular flexibility index (Phi) is 6.27. The van der Waals surface area contributed by atoms with Gasteiger partial charge in [-0.05, 0) is 57.5 Å². The highest BCUT2D eigenvalue weighted by atomic mass is 19.1. The first kappa shape index (κ1) is 19.3. The molecule has 26 heavy (non-hydrogen) atoms. The molecule has 0 radical (unpaired) electrons. The van der Waals surface area contributed by atoms with E-state index in [1.807, 2.05) is 23.9 Å². The van der Waals surface area contributed by atoms with Gasteiger partial charge in [0.2, 0.25) is 5.91 Å². The smallest absolute Gasteiger partial charge is 0.244 e. The zero-order valence-corrected chi connectivity index (χ0v) is 15.8. The fourth-order valence-corrected chi connectivity index (χ4v) is 4.18. The van der Waals surface area contributed by atoms with Crippen LogP contribution in [0.25, 0.3) is 0 Å². The number of hydrogen-bond acceptors (Lipinski definition) is 4. The van der Waals surface area contributed by atoms with Gasteiger partial charge in [-0.25, -0.2) is 4.39 Å². The summed E-state index contributed by atoms with van der Waals surface area (Å²) >= 11 is 0. The summed E-state index contributed by atoms with van der Waals surface area (Å²) in [7, 11) is 3.77. The lowest BCUT2D eigenvalue weighted by molar-refractivity contribution is -0.138. The standard InChI is InChI=1S/C20H30FN3O2/c1-22(2)19(15-3-5-16(21)6-4-15)20(26)24-11-7-17(8-12-24)23-13-9-18(25)10-14-23/h3-6,17-19,25H,7-14H2,1-2H3/t19-/m0/s1. The molecule has 1 atom stereocenters. The van der Waals surface area contributed by atoms with Gasteiger partial charge < -0.3 is 14.9 Å². The lowest BCUT2D eigenvalue weighted by Crippen LogP contribution is -2.51. The number of aliphatic hydroxyl groups is 1. The monoisotopic (exact) mass is 363 g/mol. The van der Waals surface area contributed by atoms with Gasteiger partial charge in [-0.2, -0.15) is 0 Å². The Labute approximate surface area is 155 Å². The first-order chi connectivity index (χ1) is 12.5. The molecule has 0 bridgehead atoms. The van der Waals surface area contributed by atoms with Crippen molar-refractivity contribution in [1.29, 1.82) is 0 Å². The van der Waals surface area contributed by atoms with Crippen LogP contribution in [0.15, 0.2) is 24.3 Å². The molecule has 0 aromatic heterocycles. The van der Waals surface area contributed by atoms with E-state index < -0.39 is 0 Å². The summed E-state index contributed by atoms with van der Waals surface area (Å²) in [5, 5.41) is 9.67. The number of halogens is 1. The van der Waals surface area contributed by atoms with Crippen LogP contribution in [0.2, 0.25) is 0 Å². The Morgan fingerprint density at radius 1 is 1.08 bits per heavy atom. The SMILES string of the molecule is CN(C)[C@H](C(=O)N1CCC(N2CCC(O)CC2)CC1)c1ccc(F)cc1. The third kappa shape index (κ3) is 4.42. The van der Waals surface area contributed by atoms with Gasteiger partial charge >= 0.3 is 0 Å². The molecule has 0 aliphatic carbocycles. The van der Waals surface area contributed by atoms with Crippen molar-refractivity contribution in [3.63, 3.8) is 0 Å². The van der Waals surface area contributed by atoms with Crippen LogP contribution in [0.4, 0.5) is 4.39 Å². The second kappa shape index (κ2) is 8.46. The van der Waals surface area contributed by atoms with Crippen molar-refractivity contribution in [3.05, 3.63) is 35.6 Å². The lowest BCUT2D eigenvalue weighted by atomic mass is 9.97. The molecule has 2 fully saturated rings. The molecule has 144 valence electrons. The summed E-state index contributed by atoms with van der Waals surface area (Å²) in [5.41, 5.74) is 0.827. The molecule has 2 aliphatic heterocycles. The Bertz CT molecular complexity index is 592. The number of hydrogen-bond donors (Lipinski definition) is 1. The van der Waals surface area contributed by atoms with Crippen LogP contribution in [0, 0.1) is 5.82 Å². The molecule has 1 aromatic rings. The van der Waals surface area contributed by atoms with E-state index in [0.29, 0.717) is 6.04 Å². The highest BCUT2D eigenvalue weighted by Crippen LogP contribution is 2.26. The van der Waals surface area contributed by atoms with Gasteiger partial charge in [0, 0.05) is 32.2 Å². The van der Waals surface area contributed by atoms with Crippen molar-refractivity contribution < 1.29 is 14.3 Å². The number of likely N-dealkylation sites (tertiary alicyclic amines) is 2. The van der Waals surface area contributed by atoms with Crippen LogP contribution in [0.3, 0.4) is 0 Å². The summed E-state index contributed by atoms with van der Waals surface area (Å²) in [4.78, 5) is 19.4. The van der Waals surface area contributed by atoms with Crippen molar-refractivity contribution in [2.45, 2.75) is 43.9 Å². The van der Waals surface area contributed by atoms with Crippen LogP contribution >= 0.6 is 0 Å². The normalized spacial score (nSPS) is 22.0. The number of nitrogens with zero attached hydrogens (tertiary/aromatic N) is 3. The summed E-state index contributed by atoms with van der Waals surface area (Å²) in [6.07, 6.45) is 3.51. The molecule has 0 spiro atoms. The number of benzene rings is 1. The highest BCUT2D eigenvalue weighted by molar-refractivity contribution is 5.83. The van der Waals surface area contributed by atoms with E-state index in [1.54, 1.807) is 12.1 Å². The van der Waals surface area contributed by atoms with E-state index in [1.165, 1.54) is 12.1 Å². The van der Waals surface area contributed by atoms with E-state index in [2.05, 4.69) is 4.90 Å². The summed E-state index contributed by atoms with van der Waals surface area (Å²) < 4.78 is 13.2. The molecular weight excluding hydrogens is 333 g/mol. The number of aliphatic hydroxyl groups excluding tert-OH is 1. The van der Waals surface area contributed by atoms with E-state index in [0.717, 1.165) is 57.4 Å². The minimum atomic E-state index is -0.378. The predicted molar refractivity (Wildman–Crippen MR) is 99.2 cm³/mol. The van der Waals surface area contributed by atoms with Crippen molar-refractivity contribution in [1.82, 2.24) is 14.7 Å². The van der Waals surface area contributed by atoms with Crippen LogP contribution in [0.5, 0.6) is 0 Å². The van der Waals surface area contributed by atoms with Crippen LogP contribution in [-0.4, -0.2) is 78.1 Å². The van der Waals surface area contributed by atoms with E-state index in [-0.39, 0.29) is 23.9 Å². The molecular formula is C20H30FN3O2. The summed E-state index contributed by atoms with van der Waals surface area (Å²) in [6.45, 7) is 3.42. The molecule has 5 nitrogen and oxygen atoms in total. The van der Waals surface area contributed by atoms with Crippen LogP contribution in [-0.2, 0) is 4.79 Å². The molecule has 0 unspecified atom stereocenters. The van der Waals surface area contributed by atoms with E-state index in [9.17, 15) is 14.3 Å². The largest absolute Gasteiger partial charge is 0.393 e. The number of likely N-dealkylation sites (N-methyl/N-ethyl adjacent to an activating group) is 1. The minimum Gasteiger partial charge on any atom is -0.393 e. The van der Waals surface area contributed by atoms with E-state index in [4.69, 9.17) is 0 Å². The Balaban J connectivity index is 1.60. The van der Waals surface area contributed by atoms with Gasteiger partial charge in [0.25, 0.3) is 0 Å². The Hall–Kier alpha value is -1.50. The summed E-state index contributed by atoms with van der Waals surface area (Å²) in [6, 6.07) is 6.35. The number of rotatable bonds is 4. The van der Waals surface area contributed by atoms with Gasteiger partial charge in [-0.15, -0.1) is 0 Å². The number of carbonyl (C=O) groups is 1. The topological polar surface area (TPSA) is 47.0 Å². The third-order valence-electron chi connectivity index (χ3n) is 5.73. The van der Waals surface area contributed by atoms with E-state index >= 15 is 0 Å². The van der Waals surface area contributed by atoms with Gasteiger partial charge in [0.15, 0.2) is 0 Å². The number of carbonyl (C=O) groups excluding carboxylic acids is 1. The molecule has 0 saturated carbocycles. The van der Waals surface area contributed by atoms with Crippen LogP contribution in [0.1, 0.15) is 37.3 Å². The third-order valence-corrected chi connectivity index (χ3v) is 5.73. The maximum Gasteiger partial charge on any atom is 0.244 e. The summed E-state index contributed by atoms with van der Waals surface area (Å²) in [5.74, 6) is -0.194. The first-order valence-corrected chi connectivity index (χ1v) is 9.58. The van der Waals surface area contributed by atoms with Gasteiger partial charge in [0.05, 0.1) is 6.10 Å². The van der Waals surface area contributed by atoms with Crippen LogP contribution < -0.4 is 0 Å². The first-order valence-electron chi connectivity index (χ1n) is 9.58. The molecule has 1 amide bonds. The van der Waals surface area contributed by atoms with Crippen molar-refractivity contribution in [2.75, 3.05) is 40.3 Å².